The second-order valence-corrected chi connectivity index (χ2v) is 4.75. The van der Waals surface area contributed by atoms with Gasteiger partial charge in [-0.25, -0.2) is 10.2 Å². The summed E-state index contributed by atoms with van der Waals surface area (Å²) in [7, 11) is 0. The number of hydrazine groups is 1. The minimum atomic E-state index is -1.03. The molecule has 4 nitrogen and oxygen atoms in total. The summed E-state index contributed by atoms with van der Waals surface area (Å²) in [5.41, 5.74) is 2.01. The quantitative estimate of drug-likeness (QED) is 0.514. The van der Waals surface area contributed by atoms with Crippen LogP contribution in [0.4, 0.5) is 8.78 Å². The van der Waals surface area contributed by atoms with Gasteiger partial charge in [0.05, 0.1) is 4.88 Å². The highest BCUT2D eigenvalue weighted by Gasteiger charge is 2.11. The number of carbonyl (C=O) groups excluding carboxylic acids is 1. The normalized spacial score (nSPS) is 10.3. The molecule has 1 amide bonds. The molecule has 0 saturated heterocycles. The zero-order valence-corrected chi connectivity index (χ0v) is 10.5. The van der Waals surface area contributed by atoms with Gasteiger partial charge in [0, 0.05) is 4.88 Å². The van der Waals surface area contributed by atoms with Crippen molar-refractivity contribution in [2.45, 2.75) is 6.61 Å². The molecule has 100 valence electrons. The summed E-state index contributed by atoms with van der Waals surface area (Å²) < 4.78 is 31.4. The molecule has 0 fully saturated rings. The van der Waals surface area contributed by atoms with Crippen molar-refractivity contribution in [2.75, 3.05) is 0 Å². The van der Waals surface area contributed by atoms with Crippen LogP contribution in [-0.4, -0.2) is 5.91 Å². The molecule has 2 rings (SSSR count). The summed E-state index contributed by atoms with van der Waals surface area (Å²) in [5.74, 6) is 2.43. The van der Waals surface area contributed by atoms with E-state index in [2.05, 4.69) is 0 Å². The molecule has 0 saturated carbocycles. The van der Waals surface area contributed by atoms with E-state index in [0.29, 0.717) is 9.75 Å². The molecule has 0 bridgehead atoms. The predicted molar refractivity (Wildman–Crippen MR) is 66.7 cm³/mol. The van der Waals surface area contributed by atoms with Gasteiger partial charge < -0.3 is 4.74 Å². The first-order valence-electron chi connectivity index (χ1n) is 5.28. The first kappa shape index (κ1) is 13.4. The van der Waals surface area contributed by atoms with Gasteiger partial charge in [0.1, 0.15) is 6.61 Å². The number of nitrogen functional groups attached to an aromatic ring is 1. The summed E-state index contributed by atoms with van der Waals surface area (Å²) in [4.78, 5) is 12.3. The zero-order chi connectivity index (χ0) is 13.8. The monoisotopic (exact) mass is 284 g/mol. The van der Waals surface area contributed by atoms with Crippen molar-refractivity contribution in [3.05, 3.63) is 51.7 Å². The van der Waals surface area contributed by atoms with Crippen LogP contribution in [-0.2, 0) is 6.61 Å². The molecule has 0 aliphatic heterocycles. The van der Waals surface area contributed by atoms with Crippen LogP contribution in [0.2, 0.25) is 0 Å². The number of benzene rings is 1. The van der Waals surface area contributed by atoms with Gasteiger partial charge in [-0.3, -0.25) is 10.2 Å². The lowest BCUT2D eigenvalue weighted by molar-refractivity contribution is 0.0957. The summed E-state index contributed by atoms with van der Waals surface area (Å²) in [6, 6.07) is 6.94. The number of carbonyl (C=O) groups is 1. The van der Waals surface area contributed by atoms with Crippen molar-refractivity contribution in [1.82, 2.24) is 5.43 Å². The molecule has 0 aliphatic carbocycles. The number of nitrogens with one attached hydrogen (secondary N) is 1. The van der Waals surface area contributed by atoms with Gasteiger partial charge in [-0.1, -0.05) is 6.07 Å². The maximum atomic E-state index is 13.3. The maximum Gasteiger partial charge on any atom is 0.275 e. The lowest BCUT2D eigenvalue weighted by Crippen LogP contribution is -2.29. The van der Waals surface area contributed by atoms with Gasteiger partial charge in [0.15, 0.2) is 11.6 Å². The third kappa shape index (κ3) is 3.07. The molecular formula is C12H10F2N2O2S. The van der Waals surface area contributed by atoms with E-state index in [9.17, 15) is 13.6 Å². The number of ether oxygens (including phenoxy) is 1. The molecule has 1 aromatic heterocycles. The second kappa shape index (κ2) is 5.77. The highest BCUT2D eigenvalue weighted by molar-refractivity contribution is 7.14. The van der Waals surface area contributed by atoms with Crippen LogP contribution in [0, 0.1) is 11.6 Å². The molecule has 0 aliphatic rings. The SMILES string of the molecule is NNC(=O)c1ccc(COc2cccc(F)c2F)s1. The zero-order valence-electron chi connectivity index (χ0n) is 9.65. The van der Waals surface area contributed by atoms with Crippen LogP contribution < -0.4 is 16.0 Å². The summed E-state index contributed by atoms with van der Waals surface area (Å²) in [5, 5.41) is 0. The molecule has 0 spiro atoms. The smallest absolute Gasteiger partial charge is 0.275 e. The third-order valence-electron chi connectivity index (χ3n) is 2.30. The van der Waals surface area contributed by atoms with Crippen LogP contribution in [0.1, 0.15) is 14.5 Å². The fourth-order valence-electron chi connectivity index (χ4n) is 1.39. The van der Waals surface area contributed by atoms with Crippen molar-refractivity contribution in [2.24, 2.45) is 5.84 Å². The fourth-order valence-corrected chi connectivity index (χ4v) is 2.22. The Labute approximate surface area is 111 Å². The highest BCUT2D eigenvalue weighted by atomic mass is 32.1. The molecule has 0 radical (unpaired) electrons. The van der Waals surface area contributed by atoms with Crippen molar-refractivity contribution < 1.29 is 18.3 Å². The Kier molecular flexibility index (Phi) is 4.08. The molecule has 2 aromatic rings. The maximum absolute atomic E-state index is 13.3. The van der Waals surface area contributed by atoms with E-state index < -0.39 is 17.5 Å². The molecule has 0 unspecified atom stereocenters. The molecule has 3 N–H and O–H groups in total. The number of nitrogens with two attached hydrogens (primary N) is 1. The van der Waals surface area contributed by atoms with Crippen molar-refractivity contribution >= 4 is 17.2 Å². The topological polar surface area (TPSA) is 64.3 Å². The van der Waals surface area contributed by atoms with E-state index in [4.69, 9.17) is 10.6 Å². The Balaban J connectivity index is 2.04. The fraction of sp³-hybridized carbons (Fsp3) is 0.0833. The lowest BCUT2D eigenvalue weighted by atomic mass is 10.3. The van der Waals surface area contributed by atoms with Crippen molar-refractivity contribution in [3.8, 4) is 5.75 Å². The van der Waals surface area contributed by atoms with Crippen LogP contribution in [0.3, 0.4) is 0 Å². The Bertz CT molecular complexity index is 601. The Hall–Kier alpha value is -1.99. The molecule has 1 heterocycles. The van der Waals surface area contributed by atoms with Crippen LogP contribution in [0.5, 0.6) is 5.75 Å². The number of halogens is 2. The molecule has 1 aromatic carbocycles. The van der Waals surface area contributed by atoms with Gasteiger partial charge in [-0.15, -0.1) is 11.3 Å². The summed E-state index contributed by atoms with van der Waals surface area (Å²) >= 11 is 1.16. The van der Waals surface area contributed by atoms with Gasteiger partial charge in [-0.05, 0) is 24.3 Å². The van der Waals surface area contributed by atoms with Gasteiger partial charge in [-0.2, -0.15) is 4.39 Å². The van der Waals surface area contributed by atoms with Crippen LogP contribution >= 0.6 is 11.3 Å². The van der Waals surface area contributed by atoms with Crippen molar-refractivity contribution in [3.63, 3.8) is 0 Å². The lowest BCUT2D eigenvalue weighted by Gasteiger charge is -2.05. The highest BCUT2D eigenvalue weighted by Crippen LogP contribution is 2.22. The van der Waals surface area contributed by atoms with Crippen LogP contribution in [0.15, 0.2) is 30.3 Å². The van der Waals surface area contributed by atoms with Gasteiger partial charge >= 0.3 is 0 Å². The summed E-state index contributed by atoms with van der Waals surface area (Å²) in [6.07, 6.45) is 0. The molecule has 0 atom stereocenters. The van der Waals surface area contributed by atoms with E-state index in [1.807, 2.05) is 5.43 Å². The minimum Gasteiger partial charge on any atom is -0.485 e. The van der Waals surface area contributed by atoms with Gasteiger partial charge in [0.25, 0.3) is 5.91 Å². The Morgan fingerprint density at radius 3 is 2.84 bits per heavy atom. The molecule has 19 heavy (non-hydrogen) atoms. The average molecular weight is 284 g/mol. The number of rotatable bonds is 4. The number of amides is 1. The number of hydrogen-bond acceptors (Lipinski definition) is 4. The van der Waals surface area contributed by atoms with Gasteiger partial charge in [0.2, 0.25) is 5.82 Å². The largest absolute Gasteiger partial charge is 0.485 e. The van der Waals surface area contributed by atoms with E-state index in [0.717, 1.165) is 17.4 Å². The van der Waals surface area contributed by atoms with Crippen LogP contribution in [0.25, 0.3) is 0 Å². The standard InChI is InChI=1S/C12H10F2N2O2S/c13-8-2-1-3-9(11(8)14)18-6-7-4-5-10(19-7)12(17)16-15/h1-5H,6,15H2,(H,16,17). The van der Waals surface area contributed by atoms with Crippen molar-refractivity contribution in [1.29, 1.82) is 0 Å². The first-order valence-corrected chi connectivity index (χ1v) is 6.10. The van der Waals surface area contributed by atoms with E-state index >= 15 is 0 Å². The number of hydrogen-bond donors (Lipinski definition) is 2. The second-order valence-electron chi connectivity index (χ2n) is 3.58. The Morgan fingerprint density at radius 1 is 1.32 bits per heavy atom. The first-order chi connectivity index (χ1) is 9.11. The van der Waals surface area contributed by atoms with E-state index in [1.165, 1.54) is 12.1 Å². The average Bonchev–Trinajstić information content (AvgIpc) is 2.88. The minimum absolute atomic E-state index is 0.0445. The Morgan fingerprint density at radius 2 is 2.11 bits per heavy atom. The summed E-state index contributed by atoms with van der Waals surface area (Å²) in [6.45, 7) is 0.0445. The predicted octanol–water partition coefficient (Wildman–Crippen LogP) is 2.21. The molecular weight excluding hydrogens is 274 g/mol. The third-order valence-corrected chi connectivity index (χ3v) is 3.36. The number of thiophene rings is 1. The van der Waals surface area contributed by atoms with E-state index in [1.54, 1.807) is 12.1 Å². The molecule has 7 heteroatoms. The van der Waals surface area contributed by atoms with E-state index in [-0.39, 0.29) is 12.4 Å².